The van der Waals surface area contributed by atoms with Crippen LogP contribution in [-0.4, -0.2) is 46.6 Å². The molecule has 2 amide bonds. The predicted molar refractivity (Wildman–Crippen MR) is 82.2 cm³/mol. The minimum Gasteiger partial charge on any atom is -0.358 e. The van der Waals surface area contributed by atoms with Gasteiger partial charge >= 0.3 is 0 Å². The predicted octanol–water partition coefficient (Wildman–Crippen LogP) is 1.27. The molecule has 1 unspecified atom stereocenters. The minimum absolute atomic E-state index is 0.00618. The van der Waals surface area contributed by atoms with Crippen LogP contribution in [0.5, 0.6) is 0 Å². The zero-order chi connectivity index (χ0) is 15.7. The van der Waals surface area contributed by atoms with Crippen molar-refractivity contribution >= 4 is 11.8 Å². The molecule has 22 heavy (non-hydrogen) atoms. The van der Waals surface area contributed by atoms with E-state index in [0.717, 1.165) is 31.4 Å². The SMILES string of the molecule is CNC(=O)C1(C(=O)N2CCCC(n3cc(C)cn3)C2)CCC1. The monoisotopic (exact) mass is 304 g/mol. The number of nitrogens with zero attached hydrogens (tertiary/aromatic N) is 3. The van der Waals surface area contributed by atoms with Crippen molar-refractivity contribution in [2.24, 2.45) is 5.41 Å². The summed E-state index contributed by atoms with van der Waals surface area (Å²) in [5.74, 6) is -0.118. The fourth-order valence-electron chi connectivity index (χ4n) is 3.60. The van der Waals surface area contributed by atoms with Gasteiger partial charge in [-0.2, -0.15) is 5.10 Å². The topological polar surface area (TPSA) is 67.2 Å². The summed E-state index contributed by atoms with van der Waals surface area (Å²) in [4.78, 5) is 27.0. The third-order valence-electron chi connectivity index (χ3n) is 5.07. The van der Waals surface area contributed by atoms with Crippen LogP contribution in [0.2, 0.25) is 0 Å². The van der Waals surface area contributed by atoms with E-state index in [0.29, 0.717) is 19.4 Å². The maximum atomic E-state index is 12.9. The van der Waals surface area contributed by atoms with Gasteiger partial charge in [-0.3, -0.25) is 14.3 Å². The molecule has 1 aliphatic heterocycles. The highest BCUT2D eigenvalue weighted by molar-refractivity contribution is 6.05. The summed E-state index contributed by atoms with van der Waals surface area (Å²) in [6.07, 6.45) is 8.15. The van der Waals surface area contributed by atoms with Gasteiger partial charge in [0.1, 0.15) is 5.41 Å². The first-order valence-corrected chi connectivity index (χ1v) is 8.09. The number of carbonyl (C=O) groups is 2. The molecule has 0 spiro atoms. The molecule has 6 heteroatoms. The Balaban J connectivity index is 1.74. The molecule has 2 fully saturated rings. The van der Waals surface area contributed by atoms with Gasteiger partial charge in [0.15, 0.2) is 0 Å². The highest BCUT2D eigenvalue weighted by Gasteiger charge is 2.52. The number of piperidine rings is 1. The summed E-state index contributed by atoms with van der Waals surface area (Å²) in [7, 11) is 1.61. The van der Waals surface area contributed by atoms with Gasteiger partial charge in [-0.25, -0.2) is 0 Å². The summed E-state index contributed by atoms with van der Waals surface area (Å²) >= 11 is 0. The van der Waals surface area contributed by atoms with E-state index in [1.807, 2.05) is 28.9 Å². The van der Waals surface area contributed by atoms with Crippen LogP contribution in [0.1, 0.15) is 43.7 Å². The van der Waals surface area contributed by atoms with Crippen molar-refractivity contribution in [2.75, 3.05) is 20.1 Å². The standard InChI is InChI=1S/C16H24N4O2/c1-12-9-18-20(10-12)13-5-3-8-19(11-13)15(22)16(6-4-7-16)14(21)17-2/h9-10,13H,3-8,11H2,1-2H3,(H,17,21). The van der Waals surface area contributed by atoms with Crippen molar-refractivity contribution < 1.29 is 9.59 Å². The minimum atomic E-state index is -0.809. The molecule has 120 valence electrons. The van der Waals surface area contributed by atoms with Gasteiger partial charge < -0.3 is 10.2 Å². The van der Waals surface area contributed by atoms with Crippen LogP contribution >= 0.6 is 0 Å². The number of hydrogen-bond acceptors (Lipinski definition) is 3. The van der Waals surface area contributed by atoms with Crippen molar-refractivity contribution in [3.63, 3.8) is 0 Å². The number of aryl methyl sites for hydroxylation is 1. The van der Waals surface area contributed by atoms with Gasteiger partial charge in [-0.1, -0.05) is 6.42 Å². The highest BCUT2D eigenvalue weighted by Crippen LogP contribution is 2.43. The van der Waals surface area contributed by atoms with Crippen molar-refractivity contribution in [3.8, 4) is 0 Å². The number of rotatable bonds is 3. The molecule has 0 aromatic carbocycles. The van der Waals surface area contributed by atoms with Gasteiger partial charge in [-0.05, 0) is 38.2 Å². The van der Waals surface area contributed by atoms with Crippen LogP contribution in [0.4, 0.5) is 0 Å². The Hall–Kier alpha value is -1.85. The molecule has 1 saturated carbocycles. The summed E-state index contributed by atoms with van der Waals surface area (Å²) < 4.78 is 1.96. The number of amides is 2. The van der Waals surface area contributed by atoms with Crippen LogP contribution in [-0.2, 0) is 9.59 Å². The lowest BCUT2D eigenvalue weighted by atomic mass is 9.66. The molecule has 0 radical (unpaired) electrons. The van der Waals surface area contributed by atoms with Crippen LogP contribution in [0.3, 0.4) is 0 Å². The fourth-order valence-corrected chi connectivity index (χ4v) is 3.60. The Morgan fingerprint density at radius 2 is 2.14 bits per heavy atom. The second-order valence-corrected chi connectivity index (χ2v) is 6.56. The van der Waals surface area contributed by atoms with Gasteiger partial charge in [0, 0.05) is 26.3 Å². The van der Waals surface area contributed by atoms with E-state index in [-0.39, 0.29) is 17.9 Å². The lowest BCUT2D eigenvalue weighted by Gasteiger charge is -2.44. The van der Waals surface area contributed by atoms with Gasteiger partial charge in [-0.15, -0.1) is 0 Å². The van der Waals surface area contributed by atoms with Gasteiger partial charge in [0.25, 0.3) is 0 Å². The molecule has 1 aromatic heterocycles. The fraction of sp³-hybridized carbons (Fsp3) is 0.688. The third kappa shape index (κ3) is 2.40. The first kappa shape index (κ1) is 15.1. The van der Waals surface area contributed by atoms with E-state index in [9.17, 15) is 9.59 Å². The quantitative estimate of drug-likeness (QED) is 0.855. The van der Waals surface area contributed by atoms with Crippen molar-refractivity contribution in [1.29, 1.82) is 0 Å². The molecular weight excluding hydrogens is 280 g/mol. The molecular formula is C16H24N4O2. The summed E-state index contributed by atoms with van der Waals surface area (Å²) in [6, 6.07) is 0.216. The lowest BCUT2D eigenvalue weighted by molar-refractivity contribution is -0.158. The van der Waals surface area contributed by atoms with E-state index >= 15 is 0 Å². The second-order valence-electron chi connectivity index (χ2n) is 6.56. The van der Waals surface area contributed by atoms with Crippen LogP contribution < -0.4 is 5.32 Å². The average Bonchev–Trinajstić information content (AvgIpc) is 2.92. The number of nitrogens with one attached hydrogen (secondary N) is 1. The van der Waals surface area contributed by atoms with Crippen LogP contribution in [0.25, 0.3) is 0 Å². The van der Waals surface area contributed by atoms with E-state index in [1.165, 1.54) is 0 Å². The van der Waals surface area contributed by atoms with Crippen molar-refractivity contribution in [1.82, 2.24) is 20.0 Å². The lowest BCUT2D eigenvalue weighted by Crippen LogP contribution is -2.57. The van der Waals surface area contributed by atoms with Gasteiger partial charge in [0.05, 0.1) is 12.2 Å². The molecule has 2 heterocycles. The molecule has 0 bridgehead atoms. The summed E-state index contributed by atoms with van der Waals surface area (Å²) in [6.45, 7) is 3.41. The number of carbonyl (C=O) groups excluding carboxylic acids is 2. The Morgan fingerprint density at radius 3 is 2.68 bits per heavy atom. The normalized spacial score (nSPS) is 23.7. The second kappa shape index (κ2) is 5.74. The Kier molecular flexibility index (Phi) is 3.93. The van der Waals surface area contributed by atoms with Crippen molar-refractivity contribution in [3.05, 3.63) is 18.0 Å². The smallest absolute Gasteiger partial charge is 0.238 e. The molecule has 2 aliphatic rings. The Labute approximate surface area is 130 Å². The molecule has 3 rings (SSSR count). The Bertz CT molecular complexity index is 576. The maximum Gasteiger partial charge on any atom is 0.238 e. The molecule has 1 saturated heterocycles. The van der Waals surface area contributed by atoms with Crippen LogP contribution in [0.15, 0.2) is 12.4 Å². The average molecular weight is 304 g/mol. The molecule has 1 N–H and O–H groups in total. The molecule has 1 aliphatic carbocycles. The van der Waals surface area contributed by atoms with E-state index < -0.39 is 5.41 Å². The zero-order valence-corrected chi connectivity index (χ0v) is 13.3. The number of likely N-dealkylation sites (tertiary alicyclic amines) is 1. The maximum absolute atomic E-state index is 12.9. The molecule has 1 aromatic rings. The Morgan fingerprint density at radius 1 is 1.36 bits per heavy atom. The number of hydrogen-bond donors (Lipinski definition) is 1. The first-order valence-electron chi connectivity index (χ1n) is 8.09. The van der Waals surface area contributed by atoms with E-state index in [2.05, 4.69) is 10.4 Å². The van der Waals surface area contributed by atoms with E-state index in [1.54, 1.807) is 7.05 Å². The molecule has 1 atom stereocenters. The largest absolute Gasteiger partial charge is 0.358 e. The summed E-state index contributed by atoms with van der Waals surface area (Å²) in [5.41, 5.74) is 0.320. The van der Waals surface area contributed by atoms with Crippen LogP contribution in [0, 0.1) is 12.3 Å². The summed E-state index contributed by atoms with van der Waals surface area (Å²) in [5, 5.41) is 7.05. The zero-order valence-electron chi connectivity index (χ0n) is 13.3. The molecule has 6 nitrogen and oxygen atoms in total. The van der Waals surface area contributed by atoms with Crippen molar-refractivity contribution in [2.45, 2.75) is 45.1 Å². The highest BCUT2D eigenvalue weighted by atomic mass is 16.2. The first-order chi connectivity index (χ1) is 10.6. The third-order valence-corrected chi connectivity index (χ3v) is 5.07. The van der Waals surface area contributed by atoms with E-state index in [4.69, 9.17) is 0 Å². The number of aromatic nitrogens is 2. The van der Waals surface area contributed by atoms with Gasteiger partial charge in [0.2, 0.25) is 11.8 Å².